The van der Waals surface area contributed by atoms with E-state index in [1.165, 1.54) is 17.4 Å². The Bertz CT molecular complexity index is 624. The number of rotatable bonds is 4. The summed E-state index contributed by atoms with van der Waals surface area (Å²) < 4.78 is 0. The molecule has 1 heterocycles. The van der Waals surface area contributed by atoms with Crippen LogP contribution in [0.3, 0.4) is 0 Å². The molecule has 2 atom stereocenters. The van der Waals surface area contributed by atoms with Gasteiger partial charge in [-0.1, -0.05) is 31.0 Å². The fourth-order valence-corrected chi connectivity index (χ4v) is 2.97. The highest BCUT2D eigenvalue weighted by atomic mass is 16.2. The summed E-state index contributed by atoms with van der Waals surface area (Å²) in [5.74, 6) is 0.189. The van der Waals surface area contributed by atoms with Crippen molar-refractivity contribution >= 4 is 5.91 Å². The second-order valence-electron chi connectivity index (χ2n) is 5.71. The summed E-state index contributed by atoms with van der Waals surface area (Å²) in [7, 11) is 0. The van der Waals surface area contributed by atoms with Gasteiger partial charge in [-0.15, -0.1) is 5.10 Å². The van der Waals surface area contributed by atoms with E-state index in [1.807, 2.05) is 30.3 Å². The molecule has 6 heteroatoms. The molecule has 3 N–H and O–H groups in total. The van der Waals surface area contributed by atoms with Gasteiger partial charge < -0.3 is 11.1 Å². The van der Waals surface area contributed by atoms with Crippen molar-refractivity contribution in [3.05, 3.63) is 42.2 Å². The van der Waals surface area contributed by atoms with Crippen molar-refractivity contribution in [2.75, 3.05) is 6.54 Å². The van der Waals surface area contributed by atoms with E-state index in [0.29, 0.717) is 18.2 Å². The average molecular weight is 299 g/mol. The van der Waals surface area contributed by atoms with Gasteiger partial charge in [0.15, 0.2) is 5.69 Å². The molecule has 22 heavy (non-hydrogen) atoms. The molecule has 1 saturated carbocycles. The van der Waals surface area contributed by atoms with E-state index < -0.39 is 0 Å². The van der Waals surface area contributed by atoms with Crippen molar-refractivity contribution in [2.45, 2.75) is 31.7 Å². The molecule has 3 rings (SSSR count). The number of amides is 1. The molecule has 0 spiro atoms. The van der Waals surface area contributed by atoms with Crippen molar-refractivity contribution in [1.29, 1.82) is 0 Å². The predicted octanol–water partition coefficient (Wildman–Crippen LogP) is 1.51. The Morgan fingerprint density at radius 2 is 2.05 bits per heavy atom. The minimum atomic E-state index is -0.174. The standard InChI is InChI=1S/C16H21N5O/c17-10-12-6-4-5-9-14(12)19-16(22)15-11-18-21(20-15)13-7-2-1-3-8-13/h1-3,7-8,11-12,14H,4-6,9-10,17H2,(H,19,22). The molecule has 1 aromatic carbocycles. The van der Waals surface area contributed by atoms with Gasteiger partial charge >= 0.3 is 0 Å². The third kappa shape index (κ3) is 3.17. The molecule has 1 aliphatic carbocycles. The van der Waals surface area contributed by atoms with Crippen molar-refractivity contribution in [3.63, 3.8) is 0 Å². The monoisotopic (exact) mass is 299 g/mol. The van der Waals surface area contributed by atoms with E-state index in [9.17, 15) is 4.79 Å². The lowest BCUT2D eigenvalue weighted by Crippen LogP contribution is -2.44. The Kier molecular flexibility index (Phi) is 4.48. The van der Waals surface area contributed by atoms with E-state index in [4.69, 9.17) is 5.73 Å². The molecule has 0 aliphatic heterocycles. The number of aromatic nitrogens is 3. The number of hydrogen-bond acceptors (Lipinski definition) is 4. The van der Waals surface area contributed by atoms with E-state index in [-0.39, 0.29) is 11.9 Å². The maximum Gasteiger partial charge on any atom is 0.273 e. The molecule has 1 aromatic heterocycles. The first kappa shape index (κ1) is 14.7. The molecular weight excluding hydrogens is 278 g/mol. The van der Waals surface area contributed by atoms with Crippen LogP contribution in [-0.4, -0.2) is 33.5 Å². The van der Waals surface area contributed by atoms with Crippen molar-refractivity contribution in [3.8, 4) is 5.69 Å². The Morgan fingerprint density at radius 1 is 1.27 bits per heavy atom. The van der Waals surface area contributed by atoms with Gasteiger partial charge in [0.2, 0.25) is 0 Å². The lowest BCUT2D eigenvalue weighted by Gasteiger charge is -2.30. The smallest absolute Gasteiger partial charge is 0.273 e. The zero-order valence-electron chi connectivity index (χ0n) is 12.5. The summed E-state index contributed by atoms with van der Waals surface area (Å²) in [6.07, 6.45) is 5.90. The summed E-state index contributed by atoms with van der Waals surface area (Å²) in [6.45, 7) is 0.613. The number of nitrogens with two attached hydrogens (primary N) is 1. The number of nitrogens with one attached hydrogen (secondary N) is 1. The molecule has 1 aliphatic rings. The second-order valence-corrected chi connectivity index (χ2v) is 5.71. The first-order valence-corrected chi connectivity index (χ1v) is 7.76. The maximum atomic E-state index is 12.4. The van der Waals surface area contributed by atoms with Gasteiger partial charge in [-0.25, -0.2) is 0 Å². The van der Waals surface area contributed by atoms with Crippen LogP contribution in [0.5, 0.6) is 0 Å². The Labute approximate surface area is 129 Å². The van der Waals surface area contributed by atoms with E-state index >= 15 is 0 Å². The number of carbonyl (C=O) groups is 1. The highest BCUT2D eigenvalue weighted by molar-refractivity contribution is 5.92. The minimum Gasteiger partial charge on any atom is -0.348 e. The summed E-state index contributed by atoms with van der Waals surface area (Å²) >= 11 is 0. The first-order chi connectivity index (χ1) is 10.8. The highest BCUT2D eigenvalue weighted by Crippen LogP contribution is 2.23. The topological polar surface area (TPSA) is 85.8 Å². The second kappa shape index (κ2) is 6.70. The van der Waals surface area contributed by atoms with Gasteiger partial charge in [0.1, 0.15) is 0 Å². The van der Waals surface area contributed by atoms with Gasteiger partial charge in [0.05, 0.1) is 11.9 Å². The van der Waals surface area contributed by atoms with Gasteiger partial charge in [-0.05, 0) is 37.4 Å². The Morgan fingerprint density at radius 3 is 2.82 bits per heavy atom. The van der Waals surface area contributed by atoms with Crippen LogP contribution < -0.4 is 11.1 Å². The largest absolute Gasteiger partial charge is 0.348 e. The normalized spacial score (nSPS) is 21.5. The van der Waals surface area contributed by atoms with Crippen LogP contribution in [-0.2, 0) is 0 Å². The quantitative estimate of drug-likeness (QED) is 0.896. The van der Waals surface area contributed by atoms with E-state index in [2.05, 4.69) is 15.5 Å². The summed E-state index contributed by atoms with van der Waals surface area (Å²) in [5.41, 5.74) is 6.98. The molecular formula is C16H21N5O. The van der Waals surface area contributed by atoms with Crippen LogP contribution in [0.4, 0.5) is 0 Å². The molecule has 0 bridgehead atoms. The Balaban J connectivity index is 1.69. The van der Waals surface area contributed by atoms with E-state index in [1.54, 1.807) is 0 Å². The zero-order chi connectivity index (χ0) is 15.4. The van der Waals surface area contributed by atoms with Crippen LogP contribution in [0.25, 0.3) is 5.69 Å². The van der Waals surface area contributed by atoms with Crippen molar-refractivity contribution in [2.24, 2.45) is 11.7 Å². The molecule has 0 saturated heterocycles. The molecule has 6 nitrogen and oxygen atoms in total. The van der Waals surface area contributed by atoms with Crippen LogP contribution >= 0.6 is 0 Å². The summed E-state index contributed by atoms with van der Waals surface area (Å²) in [5, 5.41) is 11.5. The van der Waals surface area contributed by atoms with Crippen molar-refractivity contribution < 1.29 is 4.79 Å². The lowest BCUT2D eigenvalue weighted by molar-refractivity contribution is 0.0902. The van der Waals surface area contributed by atoms with E-state index in [0.717, 1.165) is 24.9 Å². The van der Waals surface area contributed by atoms with Gasteiger partial charge in [0, 0.05) is 6.04 Å². The fraction of sp³-hybridized carbons (Fsp3) is 0.438. The van der Waals surface area contributed by atoms with Crippen LogP contribution in [0, 0.1) is 5.92 Å². The number of nitrogens with zero attached hydrogens (tertiary/aromatic N) is 3. The Hall–Kier alpha value is -2.21. The zero-order valence-corrected chi connectivity index (χ0v) is 12.5. The summed E-state index contributed by atoms with van der Waals surface area (Å²) in [4.78, 5) is 13.8. The number of para-hydroxylation sites is 1. The lowest BCUT2D eigenvalue weighted by atomic mass is 9.84. The fourth-order valence-electron chi connectivity index (χ4n) is 2.97. The molecule has 2 aromatic rings. The number of benzene rings is 1. The number of hydrogen-bond donors (Lipinski definition) is 2. The first-order valence-electron chi connectivity index (χ1n) is 7.76. The molecule has 1 fully saturated rings. The summed E-state index contributed by atoms with van der Waals surface area (Å²) in [6, 6.07) is 9.68. The SMILES string of the molecule is NCC1CCCCC1NC(=O)c1cnn(-c2ccccc2)n1. The third-order valence-electron chi connectivity index (χ3n) is 4.24. The highest BCUT2D eigenvalue weighted by Gasteiger charge is 2.26. The van der Waals surface area contributed by atoms with Gasteiger partial charge in [0.25, 0.3) is 5.91 Å². The van der Waals surface area contributed by atoms with Gasteiger partial charge in [-0.3, -0.25) is 4.79 Å². The number of carbonyl (C=O) groups excluding carboxylic acids is 1. The minimum absolute atomic E-state index is 0.146. The molecule has 116 valence electrons. The van der Waals surface area contributed by atoms with Crippen LogP contribution in [0.2, 0.25) is 0 Å². The predicted molar refractivity (Wildman–Crippen MR) is 83.6 cm³/mol. The van der Waals surface area contributed by atoms with Crippen molar-refractivity contribution in [1.82, 2.24) is 20.3 Å². The van der Waals surface area contributed by atoms with Crippen LogP contribution in [0.15, 0.2) is 36.5 Å². The molecule has 1 amide bonds. The maximum absolute atomic E-state index is 12.4. The van der Waals surface area contributed by atoms with Gasteiger partial charge in [-0.2, -0.15) is 9.90 Å². The molecule has 2 unspecified atom stereocenters. The third-order valence-corrected chi connectivity index (χ3v) is 4.24. The molecule has 0 radical (unpaired) electrons. The van der Waals surface area contributed by atoms with Crippen LogP contribution in [0.1, 0.15) is 36.2 Å². The average Bonchev–Trinajstić information content (AvgIpc) is 3.06.